The lowest BCUT2D eigenvalue weighted by molar-refractivity contribution is -0.385. The fourth-order valence-corrected chi connectivity index (χ4v) is 1.91. The summed E-state index contributed by atoms with van der Waals surface area (Å²) in [5.74, 6) is 0. The lowest BCUT2D eigenvalue weighted by Crippen LogP contribution is -2.01. The fourth-order valence-electron chi connectivity index (χ4n) is 0.980. The van der Waals surface area contributed by atoms with Crippen LogP contribution in [0.25, 0.3) is 0 Å². The summed E-state index contributed by atoms with van der Waals surface area (Å²) in [7, 11) is 0.911. The Morgan fingerprint density at radius 2 is 1.94 bits per heavy atom. The van der Waals surface area contributed by atoms with E-state index < -0.39 is 35.4 Å². The first-order valence-corrected chi connectivity index (χ1v) is 6.35. The Morgan fingerprint density at radius 3 is 2.31 bits per heavy atom. The molecule has 0 spiro atoms. The van der Waals surface area contributed by atoms with Gasteiger partial charge in [0, 0.05) is 16.7 Å². The molecule has 0 saturated carbocycles. The van der Waals surface area contributed by atoms with Gasteiger partial charge in [0.15, 0.2) is 0 Å². The highest BCUT2D eigenvalue weighted by Crippen LogP contribution is 2.26. The number of carbonyl (C=O) groups excluding carboxylic acids is 1. The maximum Gasteiger partial charge on any atom is 0.282 e. The average Bonchev–Trinajstić information content (AvgIpc) is 2.15. The van der Waals surface area contributed by atoms with Gasteiger partial charge in [0.05, 0.1) is 9.82 Å². The van der Waals surface area contributed by atoms with E-state index in [1.165, 1.54) is 0 Å². The average molecular weight is 284 g/mol. The third-order valence-corrected chi connectivity index (χ3v) is 3.21. The number of nitrogens with zero attached hydrogens (tertiary/aromatic N) is 1. The van der Waals surface area contributed by atoms with Crippen LogP contribution in [0.2, 0.25) is 0 Å². The van der Waals surface area contributed by atoms with Crippen molar-refractivity contribution in [1.29, 1.82) is 0 Å². The minimum absolute atomic E-state index is 0.393. The molecule has 0 amide bonds. The number of hydrogen-bond donors (Lipinski definition) is 0. The molecule has 6 nitrogen and oxygen atoms in total. The molecule has 0 aliphatic carbocycles. The molecule has 0 unspecified atom stereocenters. The molecule has 0 radical (unpaired) electrons. The van der Waals surface area contributed by atoms with E-state index in [2.05, 4.69) is 0 Å². The summed E-state index contributed by atoms with van der Waals surface area (Å²) in [5.41, 5.74) is -1.10. The van der Waals surface area contributed by atoms with Gasteiger partial charge in [0.1, 0.15) is 5.56 Å². The van der Waals surface area contributed by atoms with Crippen LogP contribution in [0.5, 0.6) is 0 Å². The monoisotopic (exact) mass is 283 g/mol. The van der Waals surface area contributed by atoms with Gasteiger partial charge in [0.25, 0.3) is 20.0 Å². The van der Waals surface area contributed by atoms with E-state index in [0.29, 0.717) is 6.07 Å². The second kappa shape index (κ2) is 4.36. The van der Waals surface area contributed by atoms with Crippen molar-refractivity contribution in [3.8, 4) is 0 Å². The standard InChI is InChI=1S/C7H3Cl2NO5S/c8-7(11)5-2-1-4(16(9,14)15)3-6(5)10(12)13/h1-3H. The summed E-state index contributed by atoms with van der Waals surface area (Å²) in [6.45, 7) is 0. The highest BCUT2D eigenvalue weighted by atomic mass is 35.7. The van der Waals surface area contributed by atoms with Crippen molar-refractivity contribution in [2.75, 3.05) is 0 Å². The van der Waals surface area contributed by atoms with Crippen molar-refractivity contribution in [3.63, 3.8) is 0 Å². The van der Waals surface area contributed by atoms with E-state index in [9.17, 15) is 23.3 Å². The zero-order chi connectivity index (χ0) is 12.5. The van der Waals surface area contributed by atoms with Gasteiger partial charge in [-0.1, -0.05) is 0 Å². The molecule has 0 atom stereocenters. The van der Waals surface area contributed by atoms with E-state index >= 15 is 0 Å². The maximum absolute atomic E-state index is 10.9. The van der Waals surface area contributed by atoms with Crippen LogP contribution in [0.1, 0.15) is 10.4 Å². The number of nitro groups is 1. The van der Waals surface area contributed by atoms with Crippen molar-refractivity contribution in [3.05, 3.63) is 33.9 Å². The molecule has 1 aromatic carbocycles. The topological polar surface area (TPSA) is 94.3 Å². The maximum atomic E-state index is 10.9. The molecule has 0 N–H and O–H groups in total. The predicted octanol–water partition coefficient (Wildman–Crippen LogP) is 1.90. The van der Waals surface area contributed by atoms with Gasteiger partial charge in [0.2, 0.25) is 0 Å². The Bertz CT molecular complexity index is 568. The van der Waals surface area contributed by atoms with Crippen molar-refractivity contribution in [2.45, 2.75) is 4.90 Å². The molecule has 1 rings (SSSR count). The highest BCUT2D eigenvalue weighted by Gasteiger charge is 2.22. The third-order valence-electron chi connectivity index (χ3n) is 1.66. The van der Waals surface area contributed by atoms with Crippen LogP contribution < -0.4 is 0 Å². The SMILES string of the molecule is O=C(Cl)c1ccc(S(=O)(=O)Cl)cc1[N+](=O)[O-]. The molecule has 16 heavy (non-hydrogen) atoms. The molecular weight excluding hydrogens is 281 g/mol. The minimum Gasteiger partial charge on any atom is -0.275 e. The predicted molar refractivity (Wildman–Crippen MR) is 56.3 cm³/mol. The largest absolute Gasteiger partial charge is 0.282 e. The summed E-state index contributed by atoms with van der Waals surface area (Å²) >= 11 is 5.09. The second-order valence-electron chi connectivity index (χ2n) is 2.65. The van der Waals surface area contributed by atoms with Gasteiger partial charge < -0.3 is 0 Å². The first-order chi connectivity index (χ1) is 7.23. The van der Waals surface area contributed by atoms with Crippen LogP contribution in [0.15, 0.2) is 23.1 Å². The smallest absolute Gasteiger partial charge is 0.275 e. The Kier molecular flexibility index (Phi) is 3.51. The number of nitro benzene ring substituents is 1. The number of halogens is 2. The lowest BCUT2D eigenvalue weighted by atomic mass is 10.2. The Balaban J connectivity index is 3.52. The molecule has 9 heteroatoms. The van der Waals surface area contributed by atoms with Crippen molar-refractivity contribution in [2.24, 2.45) is 0 Å². The lowest BCUT2D eigenvalue weighted by Gasteiger charge is -1.99. The number of carbonyl (C=O) groups is 1. The van der Waals surface area contributed by atoms with Gasteiger partial charge >= 0.3 is 0 Å². The van der Waals surface area contributed by atoms with Crippen molar-refractivity contribution >= 4 is 42.3 Å². The van der Waals surface area contributed by atoms with Crippen LogP contribution in [0.3, 0.4) is 0 Å². The molecule has 0 aliphatic heterocycles. The van der Waals surface area contributed by atoms with Gasteiger partial charge in [-0.05, 0) is 23.7 Å². The zero-order valence-electron chi connectivity index (χ0n) is 7.38. The molecular formula is C7H3Cl2NO5S. The first kappa shape index (κ1) is 12.9. The van der Waals surface area contributed by atoms with Crippen LogP contribution >= 0.6 is 22.3 Å². The van der Waals surface area contributed by atoms with Crippen LogP contribution in [-0.4, -0.2) is 18.6 Å². The van der Waals surface area contributed by atoms with E-state index in [1.54, 1.807) is 0 Å². The van der Waals surface area contributed by atoms with Crippen LogP contribution in [-0.2, 0) is 9.05 Å². The van der Waals surface area contributed by atoms with Gasteiger partial charge in [-0.3, -0.25) is 14.9 Å². The molecule has 0 heterocycles. The van der Waals surface area contributed by atoms with Crippen LogP contribution in [0.4, 0.5) is 5.69 Å². The summed E-state index contributed by atoms with van der Waals surface area (Å²) in [5, 5.41) is 9.51. The number of rotatable bonds is 3. The normalized spacial score (nSPS) is 11.1. The quantitative estimate of drug-likeness (QED) is 0.480. The molecule has 0 saturated heterocycles. The Hall–Kier alpha value is -1.18. The first-order valence-electron chi connectivity index (χ1n) is 3.66. The fraction of sp³-hybridized carbons (Fsp3) is 0. The number of hydrogen-bond acceptors (Lipinski definition) is 5. The van der Waals surface area contributed by atoms with E-state index in [-0.39, 0.29) is 0 Å². The van der Waals surface area contributed by atoms with E-state index in [4.69, 9.17) is 22.3 Å². The zero-order valence-corrected chi connectivity index (χ0v) is 9.71. The summed E-state index contributed by atoms with van der Waals surface area (Å²) in [6, 6.07) is 2.58. The van der Waals surface area contributed by atoms with Crippen molar-refractivity contribution in [1.82, 2.24) is 0 Å². The molecule has 1 aromatic rings. The van der Waals surface area contributed by atoms with Gasteiger partial charge in [-0.25, -0.2) is 8.42 Å². The molecule has 0 bridgehead atoms. The third kappa shape index (κ3) is 2.69. The van der Waals surface area contributed by atoms with Gasteiger partial charge in [-0.15, -0.1) is 0 Å². The Morgan fingerprint density at radius 1 is 1.38 bits per heavy atom. The molecule has 0 fully saturated rings. The minimum atomic E-state index is -4.09. The summed E-state index contributed by atoms with van der Waals surface area (Å²) in [4.78, 5) is 20.0. The van der Waals surface area contributed by atoms with E-state index in [1.807, 2.05) is 0 Å². The Labute approximate surface area is 99.3 Å². The highest BCUT2D eigenvalue weighted by molar-refractivity contribution is 8.13. The summed E-state index contributed by atoms with van der Waals surface area (Å²) < 4.78 is 21.8. The molecule has 0 aliphatic rings. The second-order valence-corrected chi connectivity index (χ2v) is 5.56. The van der Waals surface area contributed by atoms with E-state index in [0.717, 1.165) is 12.1 Å². The van der Waals surface area contributed by atoms with Crippen molar-refractivity contribution < 1.29 is 18.1 Å². The molecule has 0 aromatic heterocycles. The van der Waals surface area contributed by atoms with Crippen LogP contribution in [0, 0.1) is 10.1 Å². The molecule has 86 valence electrons. The summed E-state index contributed by atoms with van der Waals surface area (Å²) in [6.07, 6.45) is 0. The number of benzene rings is 1. The van der Waals surface area contributed by atoms with Gasteiger partial charge in [-0.2, -0.15) is 0 Å².